The highest BCUT2D eigenvalue weighted by molar-refractivity contribution is 5.55. The van der Waals surface area contributed by atoms with Gasteiger partial charge in [0.1, 0.15) is 23.3 Å². The Labute approximate surface area is 111 Å². The highest BCUT2D eigenvalue weighted by Gasteiger charge is 2.30. The maximum atomic E-state index is 9.19. The average molecular weight is 254 g/mol. The summed E-state index contributed by atoms with van der Waals surface area (Å²) in [5.41, 5.74) is 1.53. The Hall–Kier alpha value is -2.35. The van der Waals surface area contributed by atoms with Gasteiger partial charge in [0.05, 0.1) is 11.6 Å². The molecule has 3 heterocycles. The van der Waals surface area contributed by atoms with Crippen molar-refractivity contribution in [1.82, 2.24) is 10.1 Å². The molecule has 96 valence electrons. The molecule has 1 saturated heterocycles. The number of nitriles is 1. The first kappa shape index (κ1) is 11.7. The molecule has 0 saturated carbocycles. The van der Waals surface area contributed by atoms with Crippen LogP contribution in [0.5, 0.6) is 0 Å². The van der Waals surface area contributed by atoms with Crippen LogP contribution in [0.4, 0.5) is 5.82 Å². The van der Waals surface area contributed by atoms with Gasteiger partial charge in [-0.15, -0.1) is 0 Å². The number of aryl methyl sites for hydroxylation is 1. The lowest BCUT2D eigenvalue weighted by Gasteiger charge is -2.24. The normalized spacial score (nSPS) is 18.5. The van der Waals surface area contributed by atoms with Gasteiger partial charge in [0.15, 0.2) is 0 Å². The van der Waals surface area contributed by atoms with Crippen LogP contribution in [0, 0.1) is 18.3 Å². The van der Waals surface area contributed by atoms with Crippen LogP contribution in [0.25, 0.3) is 0 Å². The number of rotatable bonds is 2. The lowest BCUT2D eigenvalue weighted by atomic mass is 10.1. The van der Waals surface area contributed by atoms with E-state index in [-0.39, 0.29) is 6.04 Å². The van der Waals surface area contributed by atoms with Gasteiger partial charge >= 0.3 is 0 Å². The molecular formula is C14H14N4O. The molecule has 2 aromatic rings. The van der Waals surface area contributed by atoms with Crippen molar-refractivity contribution in [3.05, 3.63) is 41.4 Å². The Morgan fingerprint density at radius 3 is 3.16 bits per heavy atom. The van der Waals surface area contributed by atoms with Crippen molar-refractivity contribution in [2.24, 2.45) is 0 Å². The fourth-order valence-electron chi connectivity index (χ4n) is 2.58. The van der Waals surface area contributed by atoms with Crippen LogP contribution in [0.15, 0.2) is 28.9 Å². The summed E-state index contributed by atoms with van der Waals surface area (Å²) in [6.45, 7) is 2.78. The highest BCUT2D eigenvalue weighted by Crippen LogP contribution is 2.35. The third kappa shape index (κ3) is 2.06. The summed E-state index contributed by atoms with van der Waals surface area (Å²) in [6.07, 6.45) is 3.80. The van der Waals surface area contributed by atoms with E-state index < -0.39 is 0 Å². The summed E-state index contributed by atoms with van der Waals surface area (Å²) in [7, 11) is 0. The second kappa shape index (κ2) is 4.73. The van der Waals surface area contributed by atoms with Gasteiger partial charge in [0.25, 0.3) is 0 Å². The molecule has 0 bridgehead atoms. The van der Waals surface area contributed by atoms with E-state index in [1.54, 1.807) is 18.3 Å². The molecule has 3 rings (SSSR count). The predicted octanol–water partition coefficient (Wildman–Crippen LogP) is 2.59. The summed E-state index contributed by atoms with van der Waals surface area (Å²) >= 11 is 0. The van der Waals surface area contributed by atoms with E-state index in [0.717, 1.165) is 36.7 Å². The molecule has 0 N–H and O–H groups in total. The zero-order valence-electron chi connectivity index (χ0n) is 10.7. The standard InChI is InChI=1S/C14H14N4O/c1-10-8-12(17-19-10)13-5-3-7-18(13)14-11(9-15)4-2-6-16-14/h2,4,6,8,13H,3,5,7H2,1H3/t13-/m0/s1. The average Bonchev–Trinajstić information content (AvgIpc) is 3.06. The molecular weight excluding hydrogens is 240 g/mol. The fraction of sp³-hybridized carbons (Fsp3) is 0.357. The van der Waals surface area contributed by atoms with Crippen molar-refractivity contribution in [2.75, 3.05) is 11.4 Å². The molecule has 0 unspecified atom stereocenters. The predicted molar refractivity (Wildman–Crippen MR) is 69.5 cm³/mol. The van der Waals surface area contributed by atoms with Crippen LogP contribution in [0.3, 0.4) is 0 Å². The molecule has 0 radical (unpaired) electrons. The van der Waals surface area contributed by atoms with E-state index in [0.29, 0.717) is 5.56 Å². The Bertz CT molecular complexity index is 628. The first-order valence-electron chi connectivity index (χ1n) is 6.34. The third-order valence-electron chi connectivity index (χ3n) is 3.42. The molecule has 1 aliphatic heterocycles. The van der Waals surface area contributed by atoms with Crippen LogP contribution in [0.1, 0.15) is 35.9 Å². The summed E-state index contributed by atoms with van der Waals surface area (Å²) in [6, 6.07) is 7.89. The van der Waals surface area contributed by atoms with Gasteiger partial charge < -0.3 is 9.42 Å². The van der Waals surface area contributed by atoms with Gasteiger partial charge in [-0.3, -0.25) is 0 Å². The van der Waals surface area contributed by atoms with Gasteiger partial charge in [-0.1, -0.05) is 5.16 Å². The molecule has 1 atom stereocenters. The van der Waals surface area contributed by atoms with Gasteiger partial charge in [-0.2, -0.15) is 5.26 Å². The second-order valence-corrected chi connectivity index (χ2v) is 4.70. The summed E-state index contributed by atoms with van der Waals surface area (Å²) < 4.78 is 5.16. The number of nitrogens with zero attached hydrogens (tertiary/aromatic N) is 4. The van der Waals surface area contributed by atoms with Crippen molar-refractivity contribution in [2.45, 2.75) is 25.8 Å². The van der Waals surface area contributed by atoms with Crippen molar-refractivity contribution in [1.29, 1.82) is 5.26 Å². The molecule has 0 aliphatic carbocycles. The van der Waals surface area contributed by atoms with Crippen molar-refractivity contribution < 1.29 is 4.52 Å². The highest BCUT2D eigenvalue weighted by atomic mass is 16.5. The van der Waals surface area contributed by atoms with Gasteiger partial charge in [0, 0.05) is 18.8 Å². The SMILES string of the molecule is Cc1cc([C@@H]2CCCN2c2ncccc2C#N)no1. The summed E-state index contributed by atoms with van der Waals surface area (Å²) in [4.78, 5) is 6.51. The van der Waals surface area contributed by atoms with Crippen molar-refractivity contribution in [3.63, 3.8) is 0 Å². The van der Waals surface area contributed by atoms with E-state index in [9.17, 15) is 5.26 Å². The quantitative estimate of drug-likeness (QED) is 0.824. The summed E-state index contributed by atoms with van der Waals surface area (Å²) in [5.74, 6) is 1.55. The monoisotopic (exact) mass is 254 g/mol. The van der Waals surface area contributed by atoms with Crippen LogP contribution < -0.4 is 4.90 Å². The first-order chi connectivity index (χ1) is 9.29. The maximum absolute atomic E-state index is 9.19. The summed E-state index contributed by atoms with van der Waals surface area (Å²) in [5, 5.41) is 13.3. The fourth-order valence-corrected chi connectivity index (χ4v) is 2.58. The van der Waals surface area contributed by atoms with Crippen LogP contribution >= 0.6 is 0 Å². The third-order valence-corrected chi connectivity index (χ3v) is 3.42. The van der Waals surface area contributed by atoms with E-state index in [2.05, 4.69) is 21.1 Å². The van der Waals surface area contributed by atoms with Gasteiger partial charge in [-0.05, 0) is 31.9 Å². The molecule has 1 fully saturated rings. The Morgan fingerprint density at radius 1 is 1.53 bits per heavy atom. The molecule has 2 aromatic heterocycles. The lowest BCUT2D eigenvalue weighted by Crippen LogP contribution is -2.24. The van der Waals surface area contributed by atoms with Crippen molar-refractivity contribution >= 4 is 5.82 Å². The van der Waals surface area contributed by atoms with Crippen molar-refractivity contribution in [3.8, 4) is 6.07 Å². The molecule has 5 nitrogen and oxygen atoms in total. The van der Waals surface area contributed by atoms with Gasteiger partial charge in [-0.25, -0.2) is 4.98 Å². The maximum Gasteiger partial charge on any atom is 0.147 e. The number of aromatic nitrogens is 2. The van der Waals surface area contributed by atoms with E-state index in [1.165, 1.54) is 0 Å². The minimum absolute atomic E-state index is 0.152. The van der Waals surface area contributed by atoms with Crippen LogP contribution in [0.2, 0.25) is 0 Å². The Kier molecular flexibility index (Phi) is 2.92. The van der Waals surface area contributed by atoms with E-state index in [1.807, 2.05) is 13.0 Å². The molecule has 0 amide bonds. The lowest BCUT2D eigenvalue weighted by molar-refractivity contribution is 0.385. The molecule has 0 spiro atoms. The first-order valence-corrected chi connectivity index (χ1v) is 6.34. The second-order valence-electron chi connectivity index (χ2n) is 4.70. The van der Waals surface area contributed by atoms with Crippen LogP contribution in [-0.4, -0.2) is 16.7 Å². The number of hydrogen-bond acceptors (Lipinski definition) is 5. The molecule has 0 aromatic carbocycles. The van der Waals surface area contributed by atoms with Crippen LogP contribution in [-0.2, 0) is 0 Å². The van der Waals surface area contributed by atoms with Gasteiger partial charge in [0.2, 0.25) is 0 Å². The minimum atomic E-state index is 0.152. The van der Waals surface area contributed by atoms with E-state index >= 15 is 0 Å². The minimum Gasteiger partial charge on any atom is -0.361 e. The smallest absolute Gasteiger partial charge is 0.147 e. The number of anilines is 1. The topological polar surface area (TPSA) is 66.0 Å². The Balaban J connectivity index is 1.98. The largest absolute Gasteiger partial charge is 0.361 e. The molecule has 1 aliphatic rings. The van der Waals surface area contributed by atoms with E-state index in [4.69, 9.17) is 4.52 Å². The number of hydrogen-bond donors (Lipinski definition) is 0. The zero-order valence-corrected chi connectivity index (χ0v) is 10.7. The molecule has 19 heavy (non-hydrogen) atoms. The zero-order chi connectivity index (χ0) is 13.2. The molecule has 5 heteroatoms. The Morgan fingerprint density at radius 2 is 2.42 bits per heavy atom. The number of pyridine rings is 1.